The lowest BCUT2D eigenvalue weighted by Crippen LogP contribution is -2.44. The number of hydrogen-bond acceptors (Lipinski definition) is 3. The van der Waals surface area contributed by atoms with Gasteiger partial charge in [-0.05, 0) is 19.3 Å². The van der Waals surface area contributed by atoms with Gasteiger partial charge in [0.25, 0.3) is 0 Å². The summed E-state index contributed by atoms with van der Waals surface area (Å²) in [5.74, 6) is 1.57. The number of nitrogens with one attached hydrogen (secondary N) is 1. The number of amides is 1. The maximum absolute atomic E-state index is 12.6. The molecule has 0 aliphatic carbocycles. The van der Waals surface area contributed by atoms with Gasteiger partial charge in [-0.3, -0.25) is 4.79 Å². The van der Waals surface area contributed by atoms with Crippen molar-refractivity contribution in [3.05, 3.63) is 18.2 Å². The molecule has 1 aromatic rings. The van der Waals surface area contributed by atoms with Gasteiger partial charge in [0.05, 0.1) is 12.5 Å². The fourth-order valence-corrected chi connectivity index (χ4v) is 3.69. The van der Waals surface area contributed by atoms with Crippen LogP contribution >= 0.6 is 0 Å². The van der Waals surface area contributed by atoms with Crippen molar-refractivity contribution in [2.75, 3.05) is 6.54 Å². The molecule has 4 heterocycles. The van der Waals surface area contributed by atoms with E-state index in [1.807, 2.05) is 17.3 Å². The number of nitrogens with zero attached hydrogens (tertiary/aromatic N) is 3. The number of aromatic nitrogens is 2. The Morgan fingerprint density at radius 3 is 3.11 bits per heavy atom. The minimum absolute atomic E-state index is 0.213. The summed E-state index contributed by atoms with van der Waals surface area (Å²) in [4.78, 5) is 18.9. The highest BCUT2D eigenvalue weighted by Crippen LogP contribution is 2.34. The van der Waals surface area contributed by atoms with Crippen LogP contribution in [0, 0.1) is 5.92 Å². The Morgan fingerprint density at radius 1 is 1.39 bits per heavy atom. The number of fused-ring (bicyclic) bond motifs is 3. The van der Waals surface area contributed by atoms with E-state index in [2.05, 4.69) is 14.9 Å². The molecule has 3 atom stereocenters. The highest BCUT2D eigenvalue weighted by Gasteiger charge is 2.44. The van der Waals surface area contributed by atoms with Crippen molar-refractivity contribution < 1.29 is 4.79 Å². The SMILES string of the molecule is O=C(C1CC2CCC1N2)N1CCn2ccnc2C1. The summed E-state index contributed by atoms with van der Waals surface area (Å²) in [5, 5.41) is 3.54. The Balaban J connectivity index is 1.50. The molecule has 0 spiro atoms. The van der Waals surface area contributed by atoms with Crippen LogP contribution in [0.5, 0.6) is 0 Å². The highest BCUT2D eigenvalue weighted by atomic mass is 16.2. The van der Waals surface area contributed by atoms with Crippen LogP contribution in [0.3, 0.4) is 0 Å². The normalized spacial score (nSPS) is 33.8. The zero-order chi connectivity index (χ0) is 12.1. The third kappa shape index (κ3) is 1.50. The standard InChI is InChI=1S/C13H18N4O/c18-13(10-7-9-1-2-11(10)15-9)17-6-5-16-4-3-14-12(16)8-17/h3-4,9-11,15H,1-2,5-8H2. The fourth-order valence-electron chi connectivity index (χ4n) is 3.69. The van der Waals surface area contributed by atoms with Crippen LogP contribution in [-0.2, 0) is 17.9 Å². The number of hydrogen-bond donors (Lipinski definition) is 1. The van der Waals surface area contributed by atoms with Gasteiger partial charge in [0.15, 0.2) is 0 Å². The topological polar surface area (TPSA) is 50.2 Å². The molecule has 1 amide bonds. The smallest absolute Gasteiger partial charge is 0.227 e. The molecule has 2 bridgehead atoms. The van der Waals surface area contributed by atoms with Gasteiger partial charge in [-0.1, -0.05) is 0 Å². The molecule has 2 fully saturated rings. The van der Waals surface area contributed by atoms with Gasteiger partial charge >= 0.3 is 0 Å². The molecule has 3 unspecified atom stereocenters. The van der Waals surface area contributed by atoms with E-state index in [-0.39, 0.29) is 5.92 Å². The second kappa shape index (κ2) is 3.82. The van der Waals surface area contributed by atoms with Gasteiger partial charge < -0.3 is 14.8 Å². The van der Waals surface area contributed by atoms with Gasteiger partial charge in [0.2, 0.25) is 5.91 Å². The summed E-state index contributed by atoms with van der Waals surface area (Å²) in [6.45, 7) is 2.39. The third-order valence-electron chi connectivity index (χ3n) is 4.67. The number of imidazole rings is 1. The Bertz CT molecular complexity index is 483. The number of rotatable bonds is 1. The Hall–Kier alpha value is -1.36. The molecule has 0 aromatic carbocycles. The van der Waals surface area contributed by atoms with Gasteiger partial charge in [0, 0.05) is 37.6 Å². The van der Waals surface area contributed by atoms with Gasteiger partial charge in [-0.15, -0.1) is 0 Å². The summed E-state index contributed by atoms with van der Waals surface area (Å²) < 4.78 is 2.14. The van der Waals surface area contributed by atoms with Crippen molar-refractivity contribution in [3.8, 4) is 0 Å². The molecule has 1 N–H and O–H groups in total. The molecule has 3 aliphatic heterocycles. The molecule has 4 rings (SSSR count). The summed E-state index contributed by atoms with van der Waals surface area (Å²) in [6, 6.07) is 1.03. The highest BCUT2D eigenvalue weighted by molar-refractivity contribution is 5.80. The maximum atomic E-state index is 12.6. The molecule has 5 nitrogen and oxygen atoms in total. The van der Waals surface area contributed by atoms with E-state index in [0.29, 0.717) is 24.5 Å². The molecule has 1 aromatic heterocycles. The van der Waals surface area contributed by atoms with Gasteiger partial charge in [0.1, 0.15) is 5.82 Å². The quantitative estimate of drug-likeness (QED) is 0.778. The Labute approximate surface area is 106 Å². The monoisotopic (exact) mass is 246 g/mol. The zero-order valence-corrected chi connectivity index (χ0v) is 10.4. The van der Waals surface area contributed by atoms with E-state index in [0.717, 1.165) is 25.3 Å². The molecule has 96 valence electrons. The lowest BCUT2D eigenvalue weighted by molar-refractivity contribution is -0.137. The second-order valence-electron chi connectivity index (χ2n) is 5.69. The van der Waals surface area contributed by atoms with Crippen LogP contribution in [0.15, 0.2) is 12.4 Å². The Morgan fingerprint density at radius 2 is 2.33 bits per heavy atom. The van der Waals surface area contributed by atoms with Crippen molar-refractivity contribution in [2.45, 2.75) is 44.4 Å². The number of carbonyl (C=O) groups is 1. The minimum Gasteiger partial charge on any atom is -0.333 e. The molecular formula is C13H18N4O. The summed E-state index contributed by atoms with van der Waals surface area (Å²) in [5.41, 5.74) is 0. The molecule has 0 saturated carbocycles. The van der Waals surface area contributed by atoms with Gasteiger partial charge in [-0.25, -0.2) is 4.98 Å². The largest absolute Gasteiger partial charge is 0.333 e. The summed E-state index contributed by atoms with van der Waals surface area (Å²) in [7, 11) is 0. The average Bonchev–Trinajstić information content (AvgIpc) is 3.12. The molecule has 18 heavy (non-hydrogen) atoms. The van der Waals surface area contributed by atoms with Crippen LogP contribution in [0.1, 0.15) is 25.1 Å². The van der Waals surface area contributed by atoms with Crippen LogP contribution in [0.25, 0.3) is 0 Å². The maximum Gasteiger partial charge on any atom is 0.227 e. The van der Waals surface area contributed by atoms with E-state index < -0.39 is 0 Å². The Kier molecular flexibility index (Phi) is 2.24. The first-order valence-corrected chi connectivity index (χ1v) is 6.86. The second-order valence-corrected chi connectivity index (χ2v) is 5.69. The van der Waals surface area contributed by atoms with Crippen LogP contribution in [0.2, 0.25) is 0 Å². The molecule has 3 aliphatic rings. The first-order valence-electron chi connectivity index (χ1n) is 6.86. The first-order chi connectivity index (χ1) is 8.81. The summed E-state index contributed by atoms with van der Waals surface area (Å²) >= 11 is 0. The van der Waals surface area contributed by atoms with Crippen molar-refractivity contribution >= 4 is 5.91 Å². The first kappa shape index (κ1) is 10.6. The molecule has 2 saturated heterocycles. The van der Waals surface area contributed by atoms with Crippen LogP contribution < -0.4 is 5.32 Å². The fraction of sp³-hybridized carbons (Fsp3) is 0.692. The lowest BCUT2D eigenvalue weighted by atomic mass is 9.88. The van der Waals surface area contributed by atoms with Crippen molar-refractivity contribution in [1.82, 2.24) is 19.8 Å². The average molecular weight is 246 g/mol. The molecule has 0 radical (unpaired) electrons. The van der Waals surface area contributed by atoms with E-state index in [4.69, 9.17) is 0 Å². The lowest BCUT2D eigenvalue weighted by Gasteiger charge is -2.31. The predicted octanol–water partition coefficient (Wildman–Crippen LogP) is 0.366. The molecule has 5 heteroatoms. The predicted molar refractivity (Wildman–Crippen MR) is 65.7 cm³/mol. The molecular weight excluding hydrogens is 228 g/mol. The van der Waals surface area contributed by atoms with E-state index in [1.54, 1.807) is 0 Å². The van der Waals surface area contributed by atoms with Gasteiger partial charge in [-0.2, -0.15) is 0 Å². The van der Waals surface area contributed by atoms with Crippen LogP contribution in [-0.4, -0.2) is 39.0 Å². The van der Waals surface area contributed by atoms with Crippen molar-refractivity contribution in [1.29, 1.82) is 0 Å². The van der Waals surface area contributed by atoms with E-state index in [1.165, 1.54) is 12.8 Å². The zero-order valence-electron chi connectivity index (χ0n) is 10.4. The minimum atomic E-state index is 0.213. The number of carbonyl (C=O) groups excluding carboxylic acids is 1. The van der Waals surface area contributed by atoms with Crippen LogP contribution in [0.4, 0.5) is 0 Å². The van der Waals surface area contributed by atoms with E-state index >= 15 is 0 Å². The van der Waals surface area contributed by atoms with Crippen molar-refractivity contribution in [3.63, 3.8) is 0 Å². The third-order valence-corrected chi connectivity index (χ3v) is 4.67. The van der Waals surface area contributed by atoms with Crippen molar-refractivity contribution in [2.24, 2.45) is 5.92 Å². The van der Waals surface area contributed by atoms with E-state index in [9.17, 15) is 4.79 Å². The summed E-state index contributed by atoms with van der Waals surface area (Å²) in [6.07, 6.45) is 7.27.